The number of carboxylic acid groups (broad SMARTS) is 1. The van der Waals surface area contributed by atoms with Gasteiger partial charge in [-0.05, 0) is 13.0 Å². The highest BCUT2D eigenvalue weighted by Crippen LogP contribution is 2.36. The van der Waals surface area contributed by atoms with Crippen molar-refractivity contribution in [2.75, 3.05) is 5.75 Å². The van der Waals surface area contributed by atoms with Crippen LogP contribution in [0.15, 0.2) is 33.5 Å². The van der Waals surface area contributed by atoms with Crippen LogP contribution in [0.2, 0.25) is 5.02 Å². The molecule has 12 heteroatoms. The Balaban J connectivity index is 2.21. The number of aromatic hydroxyl groups is 2. The molecule has 0 fully saturated rings. The van der Waals surface area contributed by atoms with Gasteiger partial charge in [-0.25, -0.2) is 9.59 Å². The summed E-state index contributed by atoms with van der Waals surface area (Å²) in [5.41, 5.74) is -0.876. The van der Waals surface area contributed by atoms with Crippen LogP contribution in [0.5, 0.6) is 11.5 Å². The number of carboxylic acids is 1. The number of carbonyl (C=O) groups is 1. The van der Waals surface area contributed by atoms with E-state index in [0.717, 1.165) is 17.8 Å². The second-order valence-electron chi connectivity index (χ2n) is 7.44. The van der Waals surface area contributed by atoms with Crippen molar-refractivity contribution in [2.24, 2.45) is 0 Å². The molecule has 7 N–H and O–H groups in total. The van der Waals surface area contributed by atoms with E-state index >= 15 is 0 Å². The minimum absolute atomic E-state index is 0.00335. The highest BCUT2D eigenvalue weighted by atomic mass is 35.5. The number of aliphatic hydroxyl groups excluding tert-OH is 4. The number of halogens is 1. The first-order valence-corrected chi connectivity index (χ1v) is 11.3. The summed E-state index contributed by atoms with van der Waals surface area (Å²) in [6, 6.07) is 2.28. The molecule has 0 aliphatic heterocycles. The van der Waals surface area contributed by atoms with E-state index < -0.39 is 52.8 Å². The normalized spacial score (nSPS) is 16.5. The Labute approximate surface area is 197 Å². The Morgan fingerprint density at radius 3 is 2.45 bits per heavy atom. The van der Waals surface area contributed by atoms with Gasteiger partial charge in [0.15, 0.2) is 6.10 Å². The van der Waals surface area contributed by atoms with Crippen LogP contribution >= 0.6 is 23.4 Å². The third-order valence-corrected chi connectivity index (χ3v) is 6.56. The van der Waals surface area contributed by atoms with E-state index in [-0.39, 0.29) is 40.1 Å². The Morgan fingerprint density at radius 1 is 1.18 bits per heavy atom. The Hall–Kier alpha value is -2.28. The Bertz CT molecular complexity index is 1070. The molecule has 0 aliphatic rings. The fraction of sp³-hybridized carbons (Fsp3) is 0.429. The molecule has 2 rings (SSSR count). The molecule has 0 aliphatic carbocycles. The van der Waals surface area contributed by atoms with Crippen molar-refractivity contribution in [3.63, 3.8) is 0 Å². The topological polar surface area (TPSA) is 189 Å². The summed E-state index contributed by atoms with van der Waals surface area (Å²) >= 11 is 6.85. The maximum absolute atomic E-state index is 12.2. The predicted octanol–water partition coefficient (Wildman–Crippen LogP) is 0.996. The van der Waals surface area contributed by atoms with E-state index in [9.17, 15) is 40.2 Å². The van der Waals surface area contributed by atoms with Crippen molar-refractivity contribution in [2.45, 2.75) is 49.4 Å². The van der Waals surface area contributed by atoms with Gasteiger partial charge in [-0.15, -0.1) is 11.8 Å². The lowest BCUT2D eigenvalue weighted by Crippen LogP contribution is -2.37. The van der Waals surface area contributed by atoms with Gasteiger partial charge in [0.25, 0.3) is 0 Å². The van der Waals surface area contributed by atoms with Crippen molar-refractivity contribution in [3.8, 4) is 11.5 Å². The largest absolute Gasteiger partial charge is 0.507 e. The molecular formula is C21H25ClO10S. The Kier molecular flexibility index (Phi) is 9.58. The van der Waals surface area contributed by atoms with Crippen molar-refractivity contribution in [3.05, 3.63) is 45.5 Å². The van der Waals surface area contributed by atoms with Gasteiger partial charge in [-0.2, -0.15) is 0 Å². The molecule has 0 unspecified atom stereocenters. The van der Waals surface area contributed by atoms with Crippen molar-refractivity contribution >= 4 is 40.1 Å². The number of thioether (sulfide) groups is 1. The number of rotatable bonds is 11. The first kappa shape index (κ1) is 27.0. The zero-order valence-electron chi connectivity index (χ0n) is 17.5. The monoisotopic (exact) mass is 504 g/mol. The molecule has 2 aromatic rings. The van der Waals surface area contributed by atoms with Gasteiger partial charge in [0.2, 0.25) is 0 Å². The molecule has 0 saturated heterocycles. The minimum Gasteiger partial charge on any atom is -0.507 e. The van der Waals surface area contributed by atoms with Crippen molar-refractivity contribution in [1.29, 1.82) is 0 Å². The summed E-state index contributed by atoms with van der Waals surface area (Å²) < 4.78 is 5.14. The fourth-order valence-electron chi connectivity index (χ4n) is 3.09. The summed E-state index contributed by atoms with van der Waals surface area (Å²) in [6.07, 6.45) is -2.45. The third-order valence-electron chi connectivity index (χ3n) is 4.68. The standard InChI is InChI=1S/C21H25ClO10S/c1-9(23)5-15(27)19(33-8-16(28)20(29)30)12(24)4-2-3-10-6-11-17(21(31)32-10)13(25)7-14(26)18(11)22/h2,4,6-7,9,12,15-16,19,23-28H,3,5,8H2,1H3,(H,29,30)/t9-,12+,15-,16-,19+/m0/s1. The van der Waals surface area contributed by atoms with Gasteiger partial charge < -0.3 is 40.2 Å². The molecule has 0 radical (unpaired) electrons. The maximum atomic E-state index is 12.2. The molecule has 1 aromatic heterocycles. The average molecular weight is 505 g/mol. The lowest BCUT2D eigenvalue weighted by Gasteiger charge is -2.26. The van der Waals surface area contributed by atoms with E-state index in [1.54, 1.807) is 0 Å². The van der Waals surface area contributed by atoms with Crippen LogP contribution in [0, 0.1) is 0 Å². The van der Waals surface area contributed by atoms with Gasteiger partial charge in [0.1, 0.15) is 22.6 Å². The van der Waals surface area contributed by atoms with E-state index in [4.69, 9.17) is 21.1 Å². The molecule has 1 aromatic carbocycles. The van der Waals surface area contributed by atoms with Crippen molar-refractivity contribution in [1.82, 2.24) is 0 Å². The highest BCUT2D eigenvalue weighted by Gasteiger charge is 2.29. The van der Waals surface area contributed by atoms with E-state index in [0.29, 0.717) is 0 Å². The predicted molar refractivity (Wildman–Crippen MR) is 122 cm³/mol. The maximum Gasteiger partial charge on any atom is 0.347 e. The molecule has 5 atom stereocenters. The SMILES string of the molecule is C[C@H](O)C[C@H](O)[C@H](SC[C@H](O)C(=O)O)[C@H](O)C=CCc1cc2c(Cl)c(O)cc(O)c2c(=O)o1. The van der Waals surface area contributed by atoms with Gasteiger partial charge >= 0.3 is 11.6 Å². The number of fused-ring (bicyclic) bond motifs is 1. The van der Waals surface area contributed by atoms with Crippen LogP contribution in [-0.2, 0) is 11.2 Å². The minimum atomic E-state index is -1.70. The summed E-state index contributed by atoms with van der Waals surface area (Å²) in [4.78, 5) is 23.0. The van der Waals surface area contributed by atoms with Crippen LogP contribution in [0.4, 0.5) is 0 Å². The number of phenolic OH excluding ortho intramolecular Hbond substituents is 2. The van der Waals surface area contributed by atoms with Gasteiger partial charge in [-0.1, -0.05) is 23.8 Å². The molecule has 0 amide bonds. The van der Waals surface area contributed by atoms with Gasteiger partial charge in [0, 0.05) is 30.0 Å². The van der Waals surface area contributed by atoms with Gasteiger partial charge in [0.05, 0.1) is 28.6 Å². The molecule has 1 heterocycles. The van der Waals surface area contributed by atoms with Crippen molar-refractivity contribution < 1.29 is 45.0 Å². The van der Waals surface area contributed by atoms with Crippen LogP contribution in [0.3, 0.4) is 0 Å². The molecule has 10 nitrogen and oxygen atoms in total. The molecule has 0 spiro atoms. The first-order chi connectivity index (χ1) is 15.4. The number of hydrogen-bond donors (Lipinski definition) is 7. The number of phenols is 2. The van der Waals surface area contributed by atoms with E-state index in [1.807, 2.05) is 0 Å². The second kappa shape index (κ2) is 11.7. The van der Waals surface area contributed by atoms with Crippen LogP contribution < -0.4 is 5.63 Å². The smallest absolute Gasteiger partial charge is 0.347 e. The number of hydrogen-bond acceptors (Lipinski definition) is 10. The molecule has 33 heavy (non-hydrogen) atoms. The number of benzene rings is 1. The number of aliphatic hydroxyl groups is 4. The molecule has 182 valence electrons. The zero-order valence-corrected chi connectivity index (χ0v) is 19.0. The summed E-state index contributed by atoms with van der Waals surface area (Å²) in [5, 5.41) is 67.1. The third kappa shape index (κ3) is 7.10. The summed E-state index contributed by atoms with van der Waals surface area (Å²) in [7, 11) is 0. The molecule has 0 saturated carbocycles. The van der Waals surface area contributed by atoms with E-state index in [2.05, 4.69) is 0 Å². The lowest BCUT2D eigenvalue weighted by atomic mass is 10.0. The van der Waals surface area contributed by atoms with Crippen LogP contribution in [0.1, 0.15) is 19.1 Å². The first-order valence-electron chi connectivity index (χ1n) is 9.82. The Morgan fingerprint density at radius 2 is 1.85 bits per heavy atom. The fourth-order valence-corrected chi connectivity index (χ4v) is 4.46. The number of aliphatic carboxylic acids is 1. The lowest BCUT2D eigenvalue weighted by molar-refractivity contribution is -0.145. The van der Waals surface area contributed by atoms with Crippen LogP contribution in [0.25, 0.3) is 10.8 Å². The quantitative estimate of drug-likeness (QED) is 0.216. The van der Waals surface area contributed by atoms with Gasteiger partial charge in [-0.3, -0.25) is 0 Å². The second-order valence-corrected chi connectivity index (χ2v) is 9.03. The molecular weight excluding hydrogens is 480 g/mol. The summed E-state index contributed by atoms with van der Waals surface area (Å²) in [6.45, 7) is 1.45. The highest BCUT2D eigenvalue weighted by molar-refractivity contribution is 8.00. The van der Waals surface area contributed by atoms with E-state index in [1.165, 1.54) is 25.1 Å². The summed E-state index contributed by atoms with van der Waals surface area (Å²) in [5.74, 6) is -2.54. The zero-order chi connectivity index (χ0) is 24.9. The van der Waals surface area contributed by atoms with Crippen LogP contribution in [-0.4, -0.2) is 77.1 Å². The molecule has 0 bridgehead atoms. The average Bonchev–Trinajstić information content (AvgIpc) is 2.70. The number of allylic oxidation sites excluding steroid dienone is 1.